The molecule has 0 heterocycles. The minimum atomic E-state index is -2.50. The van der Waals surface area contributed by atoms with Crippen LogP contribution in [0.15, 0.2) is 24.3 Å². The molecular weight excluding hydrogens is 290 g/mol. The highest BCUT2D eigenvalue weighted by Crippen LogP contribution is 2.52. The Morgan fingerprint density at radius 1 is 1.23 bits per heavy atom. The maximum Gasteiger partial charge on any atom is 0.248 e. The van der Waals surface area contributed by atoms with Gasteiger partial charge >= 0.3 is 0 Å². The second-order valence-electron chi connectivity index (χ2n) is 6.43. The van der Waals surface area contributed by atoms with Gasteiger partial charge in [-0.1, -0.05) is 18.2 Å². The van der Waals surface area contributed by atoms with Crippen LogP contribution in [-0.4, -0.2) is 30.8 Å². The van der Waals surface area contributed by atoms with E-state index in [4.69, 9.17) is 9.47 Å². The van der Waals surface area contributed by atoms with E-state index in [0.29, 0.717) is 18.6 Å². The molecule has 2 saturated carbocycles. The lowest BCUT2D eigenvalue weighted by molar-refractivity contribution is -0.0513. The highest BCUT2D eigenvalue weighted by molar-refractivity contribution is 5.35. The number of benzene rings is 1. The summed E-state index contributed by atoms with van der Waals surface area (Å²) in [5, 5.41) is 9.65. The van der Waals surface area contributed by atoms with Gasteiger partial charge in [0.15, 0.2) is 0 Å². The first-order valence-electron chi connectivity index (χ1n) is 7.79. The molecule has 2 aliphatic carbocycles. The molecule has 0 aliphatic heterocycles. The summed E-state index contributed by atoms with van der Waals surface area (Å²) < 4.78 is 38.1. The van der Waals surface area contributed by atoms with Gasteiger partial charge in [0.25, 0.3) is 0 Å². The minimum Gasteiger partial charge on any atom is -0.496 e. The van der Waals surface area contributed by atoms with Crippen LogP contribution in [0.3, 0.4) is 0 Å². The third-order valence-corrected chi connectivity index (χ3v) is 4.93. The Bertz CT molecular complexity index is 504. The second kappa shape index (κ2) is 6.13. The van der Waals surface area contributed by atoms with E-state index in [0.717, 1.165) is 5.56 Å². The molecule has 2 unspecified atom stereocenters. The molecule has 122 valence electrons. The van der Waals surface area contributed by atoms with Crippen LogP contribution in [0.4, 0.5) is 8.78 Å². The summed E-state index contributed by atoms with van der Waals surface area (Å²) in [6, 6.07) is 7.42. The number of fused-ring (bicyclic) bond motifs is 1. The summed E-state index contributed by atoms with van der Waals surface area (Å²) >= 11 is 0. The van der Waals surface area contributed by atoms with E-state index in [1.54, 1.807) is 7.11 Å². The fourth-order valence-corrected chi connectivity index (χ4v) is 4.00. The van der Waals surface area contributed by atoms with Gasteiger partial charge in [-0.15, -0.1) is 0 Å². The number of methoxy groups -OCH3 is 1. The maximum atomic E-state index is 13.4. The van der Waals surface area contributed by atoms with Crippen molar-refractivity contribution in [1.82, 2.24) is 0 Å². The summed E-state index contributed by atoms with van der Waals surface area (Å²) in [7, 11) is 1.58. The van der Waals surface area contributed by atoms with Crippen molar-refractivity contribution in [1.29, 1.82) is 0 Å². The van der Waals surface area contributed by atoms with Gasteiger partial charge in [-0.2, -0.15) is 0 Å². The number of hydrogen-bond donors (Lipinski definition) is 1. The SMILES string of the molecule is COc1ccccc1C(CO)OC1C[C@@H]2CC(F)(F)C[C@@H]2C1. The Morgan fingerprint density at radius 3 is 2.45 bits per heavy atom. The minimum absolute atomic E-state index is 0.0179. The smallest absolute Gasteiger partial charge is 0.248 e. The van der Waals surface area contributed by atoms with Crippen molar-refractivity contribution in [2.24, 2.45) is 11.8 Å². The highest BCUT2D eigenvalue weighted by atomic mass is 19.3. The van der Waals surface area contributed by atoms with Crippen LogP contribution in [0.2, 0.25) is 0 Å². The maximum absolute atomic E-state index is 13.4. The van der Waals surface area contributed by atoms with Crippen molar-refractivity contribution >= 4 is 0 Å². The van der Waals surface area contributed by atoms with Gasteiger partial charge in [0, 0.05) is 18.4 Å². The van der Waals surface area contributed by atoms with Crippen molar-refractivity contribution in [3.05, 3.63) is 29.8 Å². The molecule has 0 radical (unpaired) electrons. The summed E-state index contributed by atoms with van der Waals surface area (Å²) in [6.07, 6.45) is 0.748. The van der Waals surface area contributed by atoms with Gasteiger partial charge < -0.3 is 14.6 Å². The lowest BCUT2D eigenvalue weighted by atomic mass is 10.0. The summed E-state index contributed by atoms with van der Waals surface area (Å²) in [5.41, 5.74) is 0.801. The van der Waals surface area contributed by atoms with Crippen molar-refractivity contribution in [3.63, 3.8) is 0 Å². The summed E-state index contributed by atoms with van der Waals surface area (Å²) in [4.78, 5) is 0. The van der Waals surface area contributed by atoms with E-state index in [1.165, 1.54) is 0 Å². The molecule has 4 atom stereocenters. The fraction of sp³-hybridized carbons (Fsp3) is 0.647. The predicted molar refractivity (Wildman–Crippen MR) is 78.1 cm³/mol. The van der Waals surface area contributed by atoms with Crippen LogP contribution in [0, 0.1) is 11.8 Å². The molecule has 1 N–H and O–H groups in total. The monoisotopic (exact) mass is 312 g/mol. The molecule has 2 aliphatic rings. The van der Waals surface area contributed by atoms with Crippen LogP contribution in [0.25, 0.3) is 0 Å². The molecule has 0 saturated heterocycles. The van der Waals surface area contributed by atoms with E-state index in [1.807, 2.05) is 24.3 Å². The Labute approximate surface area is 129 Å². The molecule has 0 amide bonds. The number of alkyl halides is 2. The quantitative estimate of drug-likeness (QED) is 0.903. The van der Waals surface area contributed by atoms with Crippen LogP contribution >= 0.6 is 0 Å². The lowest BCUT2D eigenvalue weighted by Crippen LogP contribution is -2.20. The van der Waals surface area contributed by atoms with Crippen LogP contribution in [0.1, 0.15) is 37.4 Å². The molecule has 0 spiro atoms. The molecule has 3 rings (SSSR count). The molecule has 0 bridgehead atoms. The summed E-state index contributed by atoms with van der Waals surface area (Å²) in [5.74, 6) is -1.72. The molecule has 5 heteroatoms. The number of aliphatic hydroxyl groups excluding tert-OH is 1. The second-order valence-corrected chi connectivity index (χ2v) is 6.43. The Morgan fingerprint density at radius 2 is 1.86 bits per heavy atom. The first kappa shape index (κ1) is 15.7. The van der Waals surface area contributed by atoms with E-state index in [2.05, 4.69) is 0 Å². The van der Waals surface area contributed by atoms with Gasteiger partial charge in [-0.25, -0.2) is 8.78 Å². The first-order valence-corrected chi connectivity index (χ1v) is 7.79. The Kier molecular flexibility index (Phi) is 4.37. The normalized spacial score (nSPS) is 31.0. The van der Waals surface area contributed by atoms with Crippen LogP contribution < -0.4 is 4.74 Å². The highest BCUT2D eigenvalue weighted by Gasteiger charge is 2.51. The predicted octanol–water partition coefficient (Wildman–Crippen LogP) is 3.57. The molecule has 22 heavy (non-hydrogen) atoms. The lowest BCUT2D eigenvalue weighted by Gasteiger charge is -2.23. The molecule has 1 aromatic rings. The summed E-state index contributed by atoms with van der Waals surface area (Å²) in [6.45, 7) is -0.150. The molecule has 0 aromatic heterocycles. The van der Waals surface area contributed by atoms with Crippen molar-refractivity contribution in [2.75, 3.05) is 13.7 Å². The fourth-order valence-electron chi connectivity index (χ4n) is 4.00. The van der Waals surface area contributed by atoms with Crippen LogP contribution in [-0.2, 0) is 4.74 Å². The number of aliphatic hydroxyl groups is 1. The number of halogens is 2. The zero-order valence-corrected chi connectivity index (χ0v) is 12.7. The van der Waals surface area contributed by atoms with Crippen molar-refractivity contribution < 1.29 is 23.4 Å². The van der Waals surface area contributed by atoms with E-state index >= 15 is 0 Å². The largest absolute Gasteiger partial charge is 0.496 e. The molecule has 1 aromatic carbocycles. The van der Waals surface area contributed by atoms with E-state index in [-0.39, 0.29) is 37.4 Å². The zero-order valence-electron chi connectivity index (χ0n) is 12.7. The average Bonchev–Trinajstić information content (AvgIpc) is 2.97. The average molecular weight is 312 g/mol. The van der Waals surface area contributed by atoms with Gasteiger partial charge in [0.2, 0.25) is 5.92 Å². The third kappa shape index (κ3) is 3.10. The zero-order chi connectivity index (χ0) is 15.7. The van der Waals surface area contributed by atoms with Crippen molar-refractivity contribution in [2.45, 2.75) is 43.8 Å². The van der Waals surface area contributed by atoms with Crippen LogP contribution in [0.5, 0.6) is 5.75 Å². The number of ether oxygens (including phenoxy) is 2. The number of hydrogen-bond acceptors (Lipinski definition) is 3. The van der Waals surface area contributed by atoms with Gasteiger partial charge in [-0.05, 0) is 30.7 Å². The topological polar surface area (TPSA) is 38.7 Å². The standard InChI is InChI=1S/C17H22F2O3/c1-21-15-5-3-2-4-14(15)16(10-20)22-13-6-11-8-17(18,19)9-12(11)7-13/h2-5,11-13,16,20H,6-10H2,1H3/t11-,12+,13?,16?. The number of para-hydroxylation sites is 1. The third-order valence-electron chi connectivity index (χ3n) is 4.93. The molecule has 2 fully saturated rings. The van der Waals surface area contributed by atoms with E-state index < -0.39 is 12.0 Å². The van der Waals surface area contributed by atoms with Crippen molar-refractivity contribution in [3.8, 4) is 5.75 Å². The molecular formula is C17H22F2O3. The van der Waals surface area contributed by atoms with Gasteiger partial charge in [-0.3, -0.25) is 0 Å². The van der Waals surface area contributed by atoms with Gasteiger partial charge in [0.1, 0.15) is 11.9 Å². The Hall–Kier alpha value is -1.20. The molecule has 3 nitrogen and oxygen atoms in total. The van der Waals surface area contributed by atoms with E-state index in [9.17, 15) is 13.9 Å². The van der Waals surface area contributed by atoms with Gasteiger partial charge in [0.05, 0.1) is 19.8 Å². The first-order chi connectivity index (χ1) is 10.5. The number of rotatable bonds is 5. The Balaban J connectivity index is 1.65.